The SMILES string of the molecule is CC[C@H](C)[C@H](NC(=O)[C@H](CC(N)=O)NC(=O)[C@H](CCCCN)NC(=O)[C@H](Cc1ccccc1)NC(=O)[C@H](Cc1ccccc1)NC(=O)[C@H](CCCN=C(N)N)NC(=O)[C@H](Cc1ccccc1)NC(C)=O)C(=O)O. The van der Waals surface area contributed by atoms with Crippen LogP contribution in [0.1, 0.15) is 82.4 Å². The van der Waals surface area contributed by atoms with Gasteiger partial charge in [-0.1, -0.05) is 111 Å². The fourth-order valence-electron chi connectivity index (χ4n) is 7.67. The van der Waals surface area contributed by atoms with Crippen molar-refractivity contribution in [2.75, 3.05) is 13.1 Å². The minimum Gasteiger partial charge on any atom is -0.480 e. The van der Waals surface area contributed by atoms with Crippen molar-refractivity contribution in [1.82, 2.24) is 37.2 Å². The van der Waals surface area contributed by atoms with Gasteiger partial charge in [0.25, 0.3) is 0 Å². The number of amides is 8. The van der Waals surface area contributed by atoms with Gasteiger partial charge in [0.2, 0.25) is 47.3 Å². The number of nitrogens with two attached hydrogens (primary N) is 4. The summed E-state index contributed by atoms with van der Waals surface area (Å²) in [4.78, 5) is 125. The summed E-state index contributed by atoms with van der Waals surface area (Å²) >= 11 is 0. The molecule has 3 rings (SSSR count). The lowest BCUT2D eigenvalue weighted by atomic mass is 9.98. The molecule has 396 valence electrons. The zero-order valence-electron chi connectivity index (χ0n) is 41.6. The number of carboxylic acid groups (broad SMARTS) is 1. The van der Waals surface area contributed by atoms with Crippen LogP contribution in [0.15, 0.2) is 96.0 Å². The predicted octanol–water partition coefficient (Wildman–Crippen LogP) is -0.683. The lowest BCUT2D eigenvalue weighted by Gasteiger charge is -2.28. The van der Waals surface area contributed by atoms with E-state index in [-0.39, 0.29) is 57.6 Å². The molecule has 0 aromatic heterocycles. The third-order valence-electron chi connectivity index (χ3n) is 11.8. The van der Waals surface area contributed by atoms with Gasteiger partial charge < -0.3 is 65.3 Å². The molecule has 0 aliphatic rings. The van der Waals surface area contributed by atoms with Crippen molar-refractivity contribution in [2.24, 2.45) is 33.8 Å². The smallest absolute Gasteiger partial charge is 0.326 e. The lowest BCUT2D eigenvalue weighted by Crippen LogP contribution is -2.61. The molecule has 0 aliphatic heterocycles. The van der Waals surface area contributed by atoms with E-state index in [1.54, 1.807) is 105 Å². The van der Waals surface area contributed by atoms with Crippen LogP contribution in [0.4, 0.5) is 0 Å². The first-order valence-corrected chi connectivity index (χ1v) is 24.3. The second-order valence-corrected chi connectivity index (χ2v) is 17.7. The van der Waals surface area contributed by atoms with Crippen LogP contribution in [0, 0.1) is 5.92 Å². The number of carbonyl (C=O) groups excluding carboxylic acids is 8. The summed E-state index contributed by atoms with van der Waals surface area (Å²) in [5.74, 6) is -8.46. The minimum atomic E-state index is -1.62. The average Bonchev–Trinajstić information content (AvgIpc) is 3.35. The number of rotatable bonds is 32. The maximum atomic E-state index is 14.7. The van der Waals surface area contributed by atoms with Gasteiger partial charge in [-0.25, -0.2) is 4.79 Å². The van der Waals surface area contributed by atoms with Crippen molar-refractivity contribution in [1.29, 1.82) is 0 Å². The molecule has 8 amide bonds. The summed E-state index contributed by atoms with van der Waals surface area (Å²) in [5, 5.41) is 28.3. The van der Waals surface area contributed by atoms with Gasteiger partial charge in [0.15, 0.2) is 5.96 Å². The van der Waals surface area contributed by atoms with E-state index in [0.717, 1.165) is 5.56 Å². The molecule has 16 N–H and O–H groups in total. The molecule has 0 heterocycles. The van der Waals surface area contributed by atoms with E-state index in [1.165, 1.54) is 6.92 Å². The highest BCUT2D eigenvalue weighted by Gasteiger charge is 2.35. The van der Waals surface area contributed by atoms with E-state index in [1.807, 2.05) is 0 Å². The maximum Gasteiger partial charge on any atom is 0.326 e. The second kappa shape index (κ2) is 31.5. The molecule has 0 fully saturated rings. The molecule has 0 saturated heterocycles. The summed E-state index contributed by atoms with van der Waals surface area (Å²) in [6.07, 6.45) is 0.564. The number of aliphatic carboxylic acids is 1. The first-order chi connectivity index (χ1) is 34.8. The Labute approximate surface area is 425 Å². The van der Waals surface area contributed by atoms with Gasteiger partial charge in [-0.3, -0.25) is 43.3 Å². The normalized spacial score (nSPS) is 14.1. The van der Waals surface area contributed by atoms with Crippen molar-refractivity contribution < 1.29 is 48.3 Å². The summed E-state index contributed by atoms with van der Waals surface area (Å²) in [6, 6.07) is 16.9. The molecule has 0 radical (unpaired) electrons. The van der Waals surface area contributed by atoms with Crippen LogP contribution >= 0.6 is 0 Å². The average molecular weight is 1010 g/mol. The largest absolute Gasteiger partial charge is 0.480 e. The van der Waals surface area contributed by atoms with Gasteiger partial charge in [-0.2, -0.15) is 0 Å². The van der Waals surface area contributed by atoms with Crippen LogP contribution in [0.3, 0.4) is 0 Å². The van der Waals surface area contributed by atoms with E-state index >= 15 is 0 Å². The third-order valence-corrected chi connectivity index (χ3v) is 11.8. The Morgan fingerprint density at radius 3 is 1.26 bits per heavy atom. The zero-order valence-corrected chi connectivity index (χ0v) is 41.6. The summed E-state index contributed by atoms with van der Waals surface area (Å²) in [5.41, 5.74) is 24.2. The molecule has 73 heavy (non-hydrogen) atoms. The highest BCUT2D eigenvalue weighted by Crippen LogP contribution is 2.13. The molecular weight excluding hydrogens is 941 g/mol. The van der Waals surface area contributed by atoms with Gasteiger partial charge in [0.1, 0.15) is 42.3 Å². The number of nitrogens with zero attached hydrogens (tertiary/aromatic N) is 1. The van der Waals surface area contributed by atoms with Crippen LogP contribution < -0.4 is 60.2 Å². The van der Waals surface area contributed by atoms with Crippen LogP contribution in [0.2, 0.25) is 0 Å². The summed E-state index contributed by atoms with van der Waals surface area (Å²) in [6.45, 7) is 4.95. The number of unbranched alkanes of at least 4 members (excludes halogenated alkanes) is 1. The van der Waals surface area contributed by atoms with Crippen LogP contribution in [0.25, 0.3) is 0 Å². The Balaban J connectivity index is 2.00. The number of hydrogen-bond donors (Lipinski definition) is 12. The lowest BCUT2D eigenvalue weighted by molar-refractivity contribution is -0.144. The highest BCUT2D eigenvalue weighted by atomic mass is 16.4. The Morgan fingerprint density at radius 2 is 0.890 bits per heavy atom. The van der Waals surface area contributed by atoms with Gasteiger partial charge in [-0.05, 0) is 61.3 Å². The molecule has 0 bridgehead atoms. The molecule has 0 unspecified atom stereocenters. The number of primary amides is 1. The third kappa shape index (κ3) is 22.0. The Morgan fingerprint density at radius 1 is 0.521 bits per heavy atom. The summed E-state index contributed by atoms with van der Waals surface area (Å²) in [7, 11) is 0. The minimum absolute atomic E-state index is 0.00123. The first-order valence-electron chi connectivity index (χ1n) is 24.3. The number of nitrogens with one attached hydrogen (secondary N) is 7. The van der Waals surface area contributed by atoms with Gasteiger partial charge in [0.05, 0.1) is 6.42 Å². The van der Waals surface area contributed by atoms with Crippen molar-refractivity contribution in [3.63, 3.8) is 0 Å². The number of hydrogen-bond acceptors (Lipinski definition) is 11. The van der Waals surface area contributed by atoms with E-state index in [9.17, 15) is 48.3 Å². The number of guanidine groups is 1. The van der Waals surface area contributed by atoms with E-state index < -0.39 is 108 Å². The highest BCUT2D eigenvalue weighted by molar-refractivity contribution is 5.98. The van der Waals surface area contributed by atoms with E-state index in [0.29, 0.717) is 30.4 Å². The molecule has 22 nitrogen and oxygen atoms in total. The molecule has 0 saturated carbocycles. The molecule has 3 aromatic rings. The van der Waals surface area contributed by atoms with Crippen molar-refractivity contribution in [3.8, 4) is 0 Å². The molecule has 3 aromatic carbocycles. The van der Waals surface area contributed by atoms with Crippen LogP contribution in [-0.4, -0.2) is 120 Å². The number of carboxylic acids is 1. The fraction of sp³-hybridized carbons (Fsp3) is 0.451. The number of carbonyl (C=O) groups is 9. The number of benzene rings is 3. The van der Waals surface area contributed by atoms with Crippen LogP contribution in [-0.2, 0) is 62.4 Å². The first kappa shape index (κ1) is 59.4. The maximum absolute atomic E-state index is 14.7. The monoisotopic (exact) mass is 1010 g/mol. The van der Waals surface area contributed by atoms with Crippen molar-refractivity contribution in [2.45, 2.75) is 127 Å². The topological polar surface area (TPSA) is 375 Å². The molecule has 22 heteroatoms. The molecule has 0 spiro atoms. The van der Waals surface area contributed by atoms with Gasteiger partial charge >= 0.3 is 5.97 Å². The molecular formula is C51H72N12O10. The molecule has 0 aliphatic carbocycles. The Kier molecular flexibility index (Phi) is 25.6. The standard InChI is InChI=1S/C51H72N12O10/c1-4-31(2)43(50(72)73)63-49(71)41(30-42(53)65)62-44(66)36(23-14-15-25-52)58-47(69)39(28-34-19-10-6-11-20-34)61-48(70)40(29-35-21-12-7-13-22-35)60-45(67)37(24-16-26-56-51(54)55)59-46(68)38(57-32(3)64)27-33-17-8-5-9-18-33/h5-13,17-22,31,36-41,43H,4,14-16,23-30,52H2,1-3H3,(H2,53,65)(H,57,64)(H,58,69)(H,59,68)(H,60,67)(H,61,70)(H,62,66)(H,63,71)(H,72,73)(H4,54,55,56)/t31-,36-,37-,38-,39-,40-,41-,43-/m0/s1. The van der Waals surface area contributed by atoms with E-state index in [4.69, 9.17) is 22.9 Å². The zero-order chi connectivity index (χ0) is 53.9. The predicted molar refractivity (Wildman–Crippen MR) is 273 cm³/mol. The van der Waals surface area contributed by atoms with Crippen molar-refractivity contribution >= 4 is 59.2 Å². The Bertz CT molecular complexity index is 2320. The van der Waals surface area contributed by atoms with Crippen molar-refractivity contribution in [3.05, 3.63) is 108 Å². The molecule has 8 atom stereocenters. The number of aliphatic imine (C=N–C) groups is 1. The second-order valence-electron chi connectivity index (χ2n) is 17.7. The van der Waals surface area contributed by atoms with Crippen LogP contribution in [0.5, 0.6) is 0 Å². The fourth-order valence-corrected chi connectivity index (χ4v) is 7.67. The van der Waals surface area contributed by atoms with Gasteiger partial charge in [-0.15, -0.1) is 0 Å². The van der Waals surface area contributed by atoms with E-state index in [2.05, 4.69) is 42.2 Å². The van der Waals surface area contributed by atoms with Gasteiger partial charge in [0, 0.05) is 32.7 Å². The quantitative estimate of drug-likeness (QED) is 0.0210. The summed E-state index contributed by atoms with van der Waals surface area (Å²) < 4.78 is 0. The Hall–Kier alpha value is -7.88.